The van der Waals surface area contributed by atoms with Crippen molar-refractivity contribution in [1.29, 1.82) is 0 Å². The van der Waals surface area contributed by atoms with Crippen molar-refractivity contribution < 1.29 is 9.59 Å². The fourth-order valence-electron chi connectivity index (χ4n) is 3.02. The van der Waals surface area contributed by atoms with Gasteiger partial charge in [0.1, 0.15) is 0 Å². The first kappa shape index (κ1) is 19.3. The van der Waals surface area contributed by atoms with Gasteiger partial charge < -0.3 is 15.5 Å². The molecule has 0 unspecified atom stereocenters. The second-order valence-corrected chi connectivity index (χ2v) is 7.14. The Morgan fingerprint density at radius 2 is 1.80 bits per heavy atom. The number of rotatable bonds is 6. The molecular weight excluding hydrogens is 314 g/mol. The smallest absolute Gasteiger partial charge is 0.321 e. The van der Waals surface area contributed by atoms with Crippen molar-refractivity contribution in [1.82, 2.24) is 10.2 Å². The summed E-state index contributed by atoms with van der Waals surface area (Å²) < 4.78 is 0. The molecule has 0 spiro atoms. The molecule has 0 bridgehead atoms. The Balaban J connectivity index is 1.76. The SMILES string of the molecule is CCCCC(=O)NC1CCN(C(=O)Nc2ccc(C(C)C)cc2)CC1. The number of hydrogen-bond donors (Lipinski definition) is 2. The molecule has 1 fully saturated rings. The highest BCUT2D eigenvalue weighted by Gasteiger charge is 2.23. The summed E-state index contributed by atoms with van der Waals surface area (Å²) in [6.45, 7) is 7.74. The van der Waals surface area contributed by atoms with Crippen LogP contribution in [0.2, 0.25) is 0 Å². The summed E-state index contributed by atoms with van der Waals surface area (Å²) >= 11 is 0. The van der Waals surface area contributed by atoms with E-state index in [2.05, 4.69) is 43.5 Å². The number of amides is 3. The van der Waals surface area contributed by atoms with E-state index in [1.165, 1.54) is 5.56 Å². The van der Waals surface area contributed by atoms with Crippen LogP contribution in [0.5, 0.6) is 0 Å². The largest absolute Gasteiger partial charge is 0.353 e. The molecule has 0 radical (unpaired) electrons. The molecule has 138 valence electrons. The molecule has 5 heteroatoms. The van der Waals surface area contributed by atoms with Crippen molar-refractivity contribution >= 4 is 17.6 Å². The Kier molecular flexibility index (Phi) is 7.29. The lowest BCUT2D eigenvalue weighted by molar-refractivity contribution is -0.122. The van der Waals surface area contributed by atoms with Gasteiger partial charge in [-0.25, -0.2) is 4.79 Å². The summed E-state index contributed by atoms with van der Waals surface area (Å²) in [5.74, 6) is 0.617. The van der Waals surface area contributed by atoms with Gasteiger partial charge in [-0.15, -0.1) is 0 Å². The van der Waals surface area contributed by atoms with E-state index < -0.39 is 0 Å². The standard InChI is InChI=1S/C20H31N3O2/c1-4-5-6-19(24)21-18-11-13-23(14-12-18)20(25)22-17-9-7-16(8-10-17)15(2)3/h7-10,15,18H,4-6,11-14H2,1-3H3,(H,21,24)(H,22,25). The predicted molar refractivity (Wildman–Crippen MR) is 102 cm³/mol. The van der Waals surface area contributed by atoms with Crippen molar-refractivity contribution in [3.05, 3.63) is 29.8 Å². The molecule has 1 aromatic rings. The normalized spacial score (nSPS) is 15.3. The van der Waals surface area contributed by atoms with Crippen molar-refractivity contribution in [3.8, 4) is 0 Å². The Bertz CT molecular complexity index is 561. The molecule has 2 rings (SSSR count). The first-order chi connectivity index (χ1) is 12.0. The van der Waals surface area contributed by atoms with Gasteiger partial charge in [-0.1, -0.05) is 39.3 Å². The summed E-state index contributed by atoms with van der Waals surface area (Å²) in [7, 11) is 0. The molecule has 0 aliphatic carbocycles. The Morgan fingerprint density at radius 3 is 2.36 bits per heavy atom. The minimum atomic E-state index is -0.0620. The summed E-state index contributed by atoms with van der Waals surface area (Å²) in [5, 5.41) is 6.04. The molecule has 1 aromatic carbocycles. The molecule has 3 amide bonds. The Hall–Kier alpha value is -2.04. The van der Waals surface area contributed by atoms with Gasteiger partial charge in [0.15, 0.2) is 0 Å². The van der Waals surface area contributed by atoms with E-state index in [1.54, 1.807) is 0 Å². The number of nitrogens with one attached hydrogen (secondary N) is 2. The molecule has 5 nitrogen and oxygen atoms in total. The van der Waals surface area contributed by atoms with E-state index in [9.17, 15) is 9.59 Å². The second kappa shape index (κ2) is 9.44. The number of piperidine rings is 1. The molecule has 1 saturated heterocycles. The van der Waals surface area contributed by atoms with Crippen LogP contribution in [0.1, 0.15) is 64.4 Å². The summed E-state index contributed by atoms with van der Waals surface area (Å²) in [4.78, 5) is 26.0. The van der Waals surface area contributed by atoms with E-state index >= 15 is 0 Å². The van der Waals surface area contributed by atoms with Gasteiger partial charge in [-0.05, 0) is 42.9 Å². The minimum Gasteiger partial charge on any atom is -0.353 e. The van der Waals surface area contributed by atoms with Crippen molar-refractivity contribution in [3.63, 3.8) is 0 Å². The van der Waals surface area contributed by atoms with E-state index in [0.29, 0.717) is 25.4 Å². The highest BCUT2D eigenvalue weighted by Crippen LogP contribution is 2.18. The monoisotopic (exact) mass is 345 g/mol. The molecule has 0 saturated carbocycles. The van der Waals surface area contributed by atoms with Crippen LogP contribution in [0.15, 0.2) is 24.3 Å². The number of carbonyl (C=O) groups is 2. The molecule has 2 N–H and O–H groups in total. The van der Waals surface area contributed by atoms with Crippen LogP contribution >= 0.6 is 0 Å². The third kappa shape index (κ3) is 6.07. The van der Waals surface area contributed by atoms with Gasteiger partial charge in [0.2, 0.25) is 5.91 Å². The number of likely N-dealkylation sites (tertiary alicyclic amines) is 1. The van der Waals surface area contributed by atoms with Crippen LogP contribution in [0.3, 0.4) is 0 Å². The fraction of sp³-hybridized carbons (Fsp3) is 0.600. The van der Waals surface area contributed by atoms with Crippen molar-refractivity contribution in [2.75, 3.05) is 18.4 Å². The highest BCUT2D eigenvalue weighted by molar-refractivity contribution is 5.89. The average Bonchev–Trinajstić information content (AvgIpc) is 2.61. The summed E-state index contributed by atoms with van der Waals surface area (Å²) in [5.41, 5.74) is 2.09. The maximum Gasteiger partial charge on any atom is 0.321 e. The van der Waals surface area contributed by atoms with Gasteiger partial charge in [-0.2, -0.15) is 0 Å². The number of nitrogens with zero attached hydrogens (tertiary/aromatic N) is 1. The molecule has 1 heterocycles. The van der Waals surface area contributed by atoms with E-state index in [1.807, 2.05) is 17.0 Å². The zero-order chi connectivity index (χ0) is 18.2. The number of unbranched alkanes of at least 4 members (excludes halogenated alkanes) is 1. The Labute approximate surface area is 151 Å². The van der Waals surface area contributed by atoms with Gasteiger partial charge in [-0.3, -0.25) is 4.79 Å². The third-order valence-electron chi connectivity index (χ3n) is 4.73. The molecule has 0 aromatic heterocycles. The maximum absolute atomic E-state index is 12.4. The average molecular weight is 345 g/mol. The van der Waals surface area contributed by atoms with Crippen LogP contribution < -0.4 is 10.6 Å². The Morgan fingerprint density at radius 1 is 1.16 bits per heavy atom. The molecule has 25 heavy (non-hydrogen) atoms. The van der Waals surface area contributed by atoms with E-state index in [-0.39, 0.29) is 18.0 Å². The number of hydrogen-bond acceptors (Lipinski definition) is 2. The van der Waals surface area contributed by atoms with Crippen LogP contribution in [-0.2, 0) is 4.79 Å². The highest BCUT2D eigenvalue weighted by atomic mass is 16.2. The van der Waals surface area contributed by atoms with Crippen LogP contribution in [0.25, 0.3) is 0 Å². The lowest BCUT2D eigenvalue weighted by Gasteiger charge is -2.32. The maximum atomic E-state index is 12.4. The number of urea groups is 1. The van der Waals surface area contributed by atoms with Gasteiger partial charge >= 0.3 is 6.03 Å². The van der Waals surface area contributed by atoms with Gasteiger partial charge in [0.25, 0.3) is 0 Å². The summed E-state index contributed by atoms with van der Waals surface area (Å²) in [6.07, 6.45) is 4.20. The number of benzene rings is 1. The minimum absolute atomic E-state index is 0.0620. The topological polar surface area (TPSA) is 61.4 Å². The van der Waals surface area contributed by atoms with Crippen molar-refractivity contribution in [2.24, 2.45) is 0 Å². The molecule has 0 atom stereocenters. The first-order valence-corrected chi connectivity index (χ1v) is 9.44. The lowest BCUT2D eigenvalue weighted by Crippen LogP contribution is -2.47. The number of anilines is 1. The first-order valence-electron chi connectivity index (χ1n) is 9.44. The van der Waals surface area contributed by atoms with E-state index in [4.69, 9.17) is 0 Å². The number of carbonyl (C=O) groups excluding carboxylic acids is 2. The van der Waals surface area contributed by atoms with Crippen LogP contribution in [-0.4, -0.2) is 36.0 Å². The summed E-state index contributed by atoms with van der Waals surface area (Å²) in [6, 6.07) is 8.14. The molecule has 1 aliphatic heterocycles. The lowest BCUT2D eigenvalue weighted by atomic mass is 10.0. The zero-order valence-corrected chi connectivity index (χ0v) is 15.7. The third-order valence-corrected chi connectivity index (χ3v) is 4.73. The predicted octanol–water partition coefficient (Wildman–Crippen LogP) is 4.11. The quantitative estimate of drug-likeness (QED) is 0.815. The van der Waals surface area contributed by atoms with Gasteiger partial charge in [0.05, 0.1) is 0 Å². The molecule has 1 aliphatic rings. The fourth-order valence-corrected chi connectivity index (χ4v) is 3.02. The van der Waals surface area contributed by atoms with Crippen LogP contribution in [0.4, 0.5) is 10.5 Å². The second-order valence-electron chi connectivity index (χ2n) is 7.14. The molecular formula is C20H31N3O2. The van der Waals surface area contributed by atoms with E-state index in [0.717, 1.165) is 31.4 Å². The van der Waals surface area contributed by atoms with Gasteiger partial charge in [0, 0.05) is 31.2 Å². The van der Waals surface area contributed by atoms with Crippen molar-refractivity contribution in [2.45, 2.75) is 64.8 Å². The zero-order valence-electron chi connectivity index (χ0n) is 15.7. The van der Waals surface area contributed by atoms with Crippen LogP contribution in [0, 0.1) is 0 Å².